The van der Waals surface area contributed by atoms with Crippen molar-refractivity contribution in [3.05, 3.63) is 36.6 Å². The summed E-state index contributed by atoms with van der Waals surface area (Å²) in [4.78, 5) is 0. The van der Waals surface area contributed by atoms with Gasteiger partial charge in [0.1, 0.15) is 5.58 Å². The third-order valence-corrected chi connectivity index (χ3v) is 1.36. The van der Waals surface area contributed by atoms with Crippen LogP contribution in [0.3, 0.4) is 0 Å². The van der Waals surface area contributed by atoms with Crippen molar-refractivity contribution in [2.24, 2.45) is 0 Å². The van der Waals surface area contributed by atoms with E-state index in [2.05, 4.69) is 13.8 Å². The van der Waals surface area contributed by atoms with Crippen LogP contribution in [-0.2, 0) is 0 Å². The summed E-state index contributed by atoms with van der Waals surface area (Å²) < 4.78 is 5.12. The number of para-hydroxylation sites is 1. The molecule has 0 unspecified atom stereocenters. The maximum atomic E-state index is 5.12. The first-order valence-electron chi connectivity index (χ1n) is 6.30. The number of hydrogen-bond donors (Lipinski definition) is 0. The Labute approximate surface area is 100 Å². The zero-order chi connectivity index (χ0) is 12.8. The fourth-order valence-corrected chi connectivity index (χ4v) is 0.906. The van der Waals surface area contributed by atoms with Gasteiger partial charge >= 0.3 is 0 Å². The Morgan fingerprint density at radius 1 is 0.875 bits per heavy atom. The molecule has 0 spiro atoms. The number of fused-ring (bicyclic) bond motifs is 1. The van der Waals surface area contributed by atoms with Crippen molar-refractivity contribution in [1.29, 1.82) is 0 Å². The van der Waals surface area contributed by atoms with E-state index in [1.54, 1.807) is 6.26 Å². The van der Waals surface area contributed by atoms with E-state index < -0.39 is 0 Å². The fraction of sp³-hybridized carbons (Fsp3) is 0.467. The molecule has 0 amide bonds. The normalized spacial score (nSPS) is 7.62. The number of benzene rings is 1. The summed E-state index contributed by atoms with van der Waals surface area (Å²) in [5, 5.41) is 1.16. The van der Waals surface area contributed by atoms with E-state index in [4.69, 9.17) is 4.42 Å². The third-order valence-electron chi connectivity index (χ3n) is 1.36. The molecule has 16 heavy (non-hydrogen) atoms. The van der Waals surface area contributed by atoms with Crippen molar-refractivity contribution in [1.82, 2.24) is 0 Å². The molecule has 1 aromatic heterocycles. The SMILES string of the molecule is CC.CC.CCC.c1ccc2occc2c1. The molecule has 0 aliphatic carbocycles. The van der Waals surface area contributed by atoms with Gasteiger partial charge in [0, 0.05) is 5.39 Å². The smallest absolute Gasteiger partial charge is 0.133 e. The third kappa shape index (κ3) is 7.10. The topological polar surface area (TPSA) is 13.1 Å². The maximum Gasteiger partial charge on any atom is 0.133 e. The molecule has 0 saturated heterocycles. The van der Waals surface area contributed by atoms with Crippen molar-refractivity contribution < 1.29 is 4.42 Å². The second-order valence-electron chi connectivity index (χ2n) is 2.67. The molecule has 0 radical (unpaired) electrons. The Morgan fingerprint density at radius 2 is 1.38 bits per heavy atom. The van der Waals surface area contributed by atoms with E-state index in [1.807, 2.05) is 58.0 Å². The summed E-state index contributed by atoms with van der Waals surface area (Å²) in [6, 6.07) is 9.90. The highest BCUT2D eigenvalue weighted by molar-refractivity contribution is 5.76. The molecule has 0 aliphatic rings. The van der Waals surface area contributed by atoms with Crippen LogP contribution in [-0.4, -0.2) is 0 Å². The predicted molar refractivity (Wildman–Crippen MR) is 74.9 cm³/mol. The fourth-order valence-electron chi connectivity index (χ4n) is 0.906. The second kappa shape index (κ2) is 13.8. The van der Waals surface area contributed by atoms with E-state index in [1.165, 1.54) is 6.42 Å². The second-order valence-corrected chi connectivity index (χ2v) is 2.67. The van der Waals surface area contributed by atoms with Crippen LogP contribution < -0.4 is 0 Å². The van der Waals surface area contributed by atoms with Crippen molar-refractivity contribution in [3.8, 4) is 0 Å². The molecular formula is C15H26O. The molecule has 1 aromatic carbocycles. The first-order valence-corrected chi connectivity index (χ1v) is 6.30. The van der Waals surface area contributed by atoms with Gasteiger partial charge in [0.25, 0.3) is 0 Å². The van der Waals surface area contributed by atoms with Crippen LogP contribution in [0.5, 0.6) is 0 Å². The molecule has 1 nitrogen and oxygen atoms in total. The van der Waals surface area contributed by atoms with Crippen molar-refractivity contribution >= 4 is 11.0 Å². The molecule has 2 rings (SSSR count). The molecule has 0 fully saturated rings. The molecule has 0 atom stereocenters. The zero-order valence-corrected chi connectivity index (χ0v) is 11.6. The van der Waals surface area contributed by atoms with Gasteiger partial charge in [0.15, 0.2) is 0 Å². The molecule has 92 valence electrons. The first kappa shape index (κ1) is 17.2. The number of furan rings is 1. The van der Waals surface area contributed by atoms with E-state index in [9.17, 15) is 0 Å². The molecule has 0 bridgehead atoms. The molecular weight excluding hydrogens is 196 g/mol. The number of rotatable bonds is 0. The minimum Gasteiger partial charge on any atom is -0.464 e. The van der Waals surface area contributed by atoms with E-state index in [0.717, 1.165) is 11.0 Å². The van der Waals surface area contributed by atoms with Gasteiger partial charge in [-0.25, -0.2) is 0 Å². The summed E-state index contributed by atoms with van der Waals surface area (Å²) >= 11 is 0. The monoisotopic (exact) mass is 222 g/mol. The van der Waals surface area contributed by atoms with Crippen LogP contribution in [0.15, 0.2) is 41.0 Å². The summed E-state index contributed by atoms with van der Waals surface area (Å²) in [6.45, 7) is 12.2. The molecule has 0 N–H and O–H groups in total. The minimum absolute atomic E-state index is 0.956. The van der Waals surface area contributed by atoms with Crippen LogP contribution in [0.25, 0.3) is 11.0 Å². The lowest BCUT2D eigenvalue weighted by Gasteiger charge is -1.81. The van der Waals surface area contributed by atoms with Crippen LogP contribution in [0.4, 0.5) is 0 Å². The predicted octanol–water partition coefficient (Wildman–Crippen LogP) is 5.90. The Bertz CT molecular complexity index is 292. The van der Waals surface area contributed by atoms with Gasteiger partial charge in [0.2, 0.25) is 0 Å². The van der Waals surface area contributed by atoms with Gasteiger partial charge in [-0.15, -0.1) is 0 Å². The van der Waals surface area contributed by atoms with Crippen molar-refractivity contribution in [3.63, 3.8) is 0 Å². The Hall–Kier alpha value is -1.24. The van der Waals surface area contributed by atoms with Crippen LogP contribution in [0, 0.1) is 0 Å². The highest BCUT2D eigenvalue weighted by Gasteiger charge is 1.89. The molecule has 0 saturated carbocycles. The minimum atomic E-state index is 0.956. The lowest BCUT2D eigenvalue weighted by molar-refractivity contribution is 0.616. The van der Waals surface area contributed by atoms with Gasteiger partial charge in [-0.2, -0.15) is 0 Å². The first-order chi connectivity index (χ1) is 7.88. The molecule has 1 heterocycles. The van der Waals surface area contributed by atoms with Gasteiger partial charge in [-0.05, 0) is 12.1 Å². The van der Waals surface area contributed by atoms with E-state index in [0.29, 0.717) is 0 Å². The summed E-state index contributed by atoms with van der Waals surface area (Å²) in [5.74, 6) is 0. The summed E-state index contributed by atoms with van der Waals surface area (Å²) in [5.41, 5.74) is 0.956. The highest BCUT2D eigenvalue weighted by atomic mass is 16.3. The summed E-state index contributed by atoms with van der Waals surface area (Å²) in [6.07, 6.45) is 2.95. The zero-order valence-electron chi connectivity index (χ0n) is 11.6. The maximum absolute atomic E-state index is 5.12. The standard InChI is InChI=1S/C8H6O.C3H8.2C2H6/c1-2-4-8-7(3-1)5-6-9-8;1-3-2;2*1-2/h1-6H;3H2,1-2H3;2*1-2H3. The highest BCUT2D eigenvalue weighted by Crippen LogP contribution is 2.12. The van der Waals surface area contributed by atoms with Gasteiger partial charge in [-0.3, -0.25) is 0 Å². The Kier molecular flexibility index (Phi) is 14.8. The Morgan fingerprint density at radius 3 is 1.88 bits per heavy atom. The largest absolute Gasteiger partial charge is 0.464 e. The number of hydrogen-bond acceptors (Lipinski definition) is 1. The quantitative estimate of drug-likeness (QED) is 0.540. The van der Waals surface area contributed by atoms with Crippen LogP contribution >= 0.6 is 0 Å². The molecule has 2 aromatic rings. The lowest BCUT2D eigenvalue weighted by Crippen LogP contribution is -1.57. The van der Waals surface area contributed by atoms with Gasteiger partial charge in [0.05, 0.1) is 6.26 Å². The van der Waals surface area contributed by atoms with Crippen LogP contribution in [0.2, 0.25) is 0 Å². The molecule has 0 aliphatic heterocycles. The average Bonchev–Trinajstić information content (AvgIpc) is 2.83. The summed E-state index contributed by atoms with van der Waals surface area (Å²) in [7, 11) is 0. The van der Waals surface area contributed by atoms with Crippen molar-refractivity contribution in [2.75, 3.05) is 0 Å². The van der Waals surface area contributed by atoms with Gasteiger partial charge < -0.3 is 4.42 Å². The van der Waals surface area contributed by atoms with Crippen molar-refractivity contribution in [2.45, 2.75) is 48.0 Å². The van der Waals surface area contributed by atoms with Crippen LogP contribution in [0.1, 0.15) is 48.0 Å². The Balaban J connectivity index is 0. The average molecular weight is 222 g/mol. The van der Waals surface area contributed by atoms with Gasteiger partial charge in [-0.1, -0.05) is 66.2 Å². The molecule has 1 heteroatoms. The lowest BCUT2D eigenvalue weighted by atomic mass is 10.3. The van der Waals surface area contributed by atoms with E-state index >= 15 is 0 Å². The van der Waals surface area contributed by atoms with E-state index in [-0.39, 0.29) is 0 Å².